The molecule has 0 amide bonds. The second-order valence-corrected chi connectivity index (χ2v) is 3.58. The molecule has 0 aliphatic rings. The van der Waals surface area contributed by atoms with Crippen molar-refractivity contribution in [2.45, 2.75) is 19.8 Å². The molecule has 5 nitrogen and oxygen atoms in total. The summed E-state index contributed by atoms with van der Waals surface area (Å²) in [5.41, 5.74) is 0. The summed E-state index contributed by atoms with van der Waals surface area (Å²) in [6, 6.07) is 0. The minimum absolute atomic E-state index is 0.542. The minimum atomic E-state index is 0.542. The molecule has 0 fully saturated rings. The fraction of sp³-hybridized carbons (Fsp3) is 0.545. The first-order chi connectivity index (χ1) is 7.77. The van der Waals surface area contributed by atoms with Crippen molar-refractivity contribution < 1.29 is 0 Å². The maximum Gasteiger partial charge on any atom is 0.244 e. The molecular weight excluding hydrogens is 202 g/mol. The Morgan fingerprint density at radius 1 is 1.56 bits per heavy atom. The topological polar surface area (TPSA) is 53.9 Å². The van der Waals surface area contributed by atoms with E-state index in [-0.39, 0.29) is 0 Å². The molecule has 0 aromatic carbocycles. The summed E-state index contributed by atoms with van der Waals surface area (Å²) in [4.78, 5) is 6.44. The van der Waals surface area contributed by atoms with Gasteiger partial charge in [0.2, 0.25) is 5.95 Å². The van der Waals surface area contributed by atoms with E-state index in [2.05, 4.69) is 38.9 Å². The Morgan fingerprint density at radius 3 is 3.06 bits per heavy atom. The van der Waals surface area contributed by atoms with Gasteiger partial charge >= 0.3 is 0 Å². The lowest BCUT2D eigenvalue weighted by Gasteiger charge is -2.17. The zero-order valence-corrected chi connectivity index (χ0v) is 9.98. The van der Waals surface area contributed by atoms with Gasteiger partial charge in [-0.05, 0) is 6.42 Å². The van der Waals surface area contributed by atoms with Crippen molar-refractivity contribution in [3.63, 3.8) is 0 Å². The maximum absolute atomic E-state index is 4.36. The number of hydrogen-bond acceptors (Lipinski definition) is 5. The number of rotatable bonds is 7. The molecule has 16 heavy (non-hydrogen) atoms. The van der Waals surface area contributed by atoms with Crippen LogP contribution < -0.4 is 10.2 Å². The number of unbranched alkanes of at least 4 members (excludes halogenated alkanes) is 1. The van der Waals surface area contributed by atoms with E-state index >= 15 is 0 Å². The first-order valence-electron chi connectivity index (χ1n) is 5.53. The van der Waals surface area contributed by atoms with Gasteiger partial charge in [0, 0.05) is 20.1 Å². The van der Waals surface area contributed by atoms with Crippen LogP contribution in [-0.4, -0.2) is 35.3 Å². The number of hydrogen-bond donors (Lipinski definition) is 1. The van der Waals surface area contributed by atoms with E-state index in [0.29, 0.717) is 12.5 Å². The SMILES string of the molecule is C=CCNc1nncc(N(C)CCCC)n1. The van der Waals surface area contributed by atoms with Crippen LogP contribution in [-0.2, 0) is 0 Å². The monoisotopic (exact) mass is 221 g/mol. The summed E-state index contributed by atoms with van der Waals surface area (Å²) < 4.78 is 0. The highest BCUT2D eigenvalue weighted by Crippen LogP contribution is 2.09. The molecule has 88 valence electrons. The standard InChI is InChI=1S/C11H19N5/c1-4-6-8-16(3)10-9-13-15-11(14-10)12-7-5-2/h5,9H,2,4,6-8H2,1,3H3,(H,12,14,15). The molecule has 0 saturated heterocycles. The van der Waals surface area contributed by atoms with Crippen LogP contribution in [0.25, 0.3) is 0 Å². The van der Waals surface area contributed by atoms with Crippen LogP contribution >= 0.6 is 0 Å². The molecule has 5 heteroatoms. The van der Waals surface area contributed by atoms with Crippen LogP contribution in [0.2, 0.25) is 0 Å². The third kappa shape index (κ3) is 3.84. The lowest BCUT2D eigenvalue weighted by Crippen LogP contribution is -2.20. The van der Waals surface area contributed by atoms with Crippen molar-refractivity contribution in [2.24, 2.45) is 0 Å². The molecule has 0 aliphatic carbocycles. The first-order valence-corrected chi connectivity index (χ1v) is 5.53. The molecule has 0 unspecified atom stereocenters. The highest BCUT2D eigenvalue weighted by Gasteiger charge is 2.04. The maximum atomic E-state index is 4.36. The van der Waals surface area contributed by atoms with Crippen LogP contribution in [0.3, 0.4) is 0 Å². The second-order valence-electron chi connectivity index (χ2n) is 3.58. The van der Waals surface area contributed by atoms with E-state index in [9.17, 15) is 0 Å². The molecule has 0 spiro atoms. The largest absolute Gasteiger partial charge is 0.358 e. The fourth-order valence-corrected chi connectivity index (χ4v) is 1.23. The normalized spacial score (nSPS) is 9.88. The van der Waals surface area contributed by atoms with Crippen molar-refractivity contribution >= 4 is 11.8 Å². The average molecular weight is 221 g/mol. The van der Waals surface area contributed by atoms with E-state index in [1.807, 2.05) is 7.05 Å². The third-order valence-corrected chi connectivity index (χ3v) is 2.19. The number of nitrogens with zero attached hydrogens (tertiary/aromatic N) is 4. The van der Waals surface area contributed by atoms with Gasteiger partial charge in [-0.15, -0.1) is 11.7 Å². The van der Waals surface area contributed by atoms with Crippen LogP contribution in [0.1, 0.15) is 19.8 Å². The summed E-state index contributed by atoms with van der Waals surface area (Å²) in [6.07, 6.45) is 5.76. The van der Waals surface area contributed by atoms with Gasteiger partial charge in [-0.3, -0.25) is 0 Å². The van der Waals surface area contributed by atoms with Crippen molar-refractivity contribution in [1.82, 2.24) is 15.2 Å². The molecule has 1 N–H and O–H groups in total. The van der Waals surface area contributed by atoms with E-state index in [0.717, 1.165) is 18.8 Å². The molecular formula is C11H19N5. The second kappa shape index (κ2) is 6.76. The van der Waals surface area contributed by atoms with E-state index in [1.54, 1.807) is 12.3 Å². The van der Waals surface area contributed by atoms with Gasteiger partial charge in [-0.25, -0.2) is 0 Å². The quantitative estimate of drug-likeness (QED) is 0.710. The Morgan fingerprint density at radius 2 is 2.38 bits per heavy atom. The number of anilines is 2. The fourth-order valence-electron chi connectivity index (χ4n) is 1.23. The van der Waals surface area contributed by atoms with Gasteiger partial charge < -0.3 is 10.2 Å². The van der Waals surface area contributed by atoms with Crippen LogP contribution in [0, 0.1) is 0 Å². The summed E-state index contributed by atoms with van der Waals surface area (Å²) in [7, 11) is 2.01. The Labute approximate surface area is 96.6 Å². The zero-order chi connectivity index (χ0) is 11.8. The lowest BCUT2D eigenvalue weighted by atomic mass is 10.3. The molecule has 1 aromatic heterocycles. The first kappa shape index (κ1) is 12.4. The van der Waals surface area contributed by atoms with Gasteiger partial charge in [0.25, 0.3) is 0 Å². The Bertz CT molecular complexity index is 326. The molecule has 1 heterocycles. The van der Waals surface area contributed by atoms with Crippen molar-refractivity contribution in [3.05, 3.63) is 18.9 Å². The van der Waals surface area contributed by atoms with Gasteiger partial charge in [0.05, 0.1) is 6.20 Å². The summed E-state index contributed by atoms with van der Waals surface area (Å²) in [5, 5.41) is 10.8. The van der Waals surface area contributed by atoms with Gasteiger partial charge in [-0.2, -0.15) is 10.1 Å². The van der Waals surface area contributed by atoms with Gasteiger partial charge in [-0.1, -0.05) is 19.4 Å². The Kier molecular flexibility index (Phi) is 5.25. The number of nitrogens with one attached hydrogen (secondary N) is 1. The van der Waals surface area contributed by atoms with Gasteiger partial charge in [0.1, 0.15) is 0 Å². The average Bonchev–Trinajstić information content (AvgIpc) is 2.33. The zero-order valence-electron chi connectivity index (χ0n) is 9.98. The predicted molar refractivity (Wildman–Crippen MR) is 66.7 cm³/mol. The minimum Gasteiger partial charge on any atom is -0.358 e. The molecule has 0 aliphatic heterocycles. The van der Waals surface area contributed by atoms with Crippen LogP contribution in [0.5, 0.6) is 0 Å². The number of aromatic nitrogens is 3. The molecule has 0 radical (unpaired) electrons. The highest BCUT2D eigenvalue weighted by atomic mass is 15.3. The summed E-state index contributed by atoms with van der Waals surface area (Å²) in [6.45, 7) is 7.42. The highest BCUT2D eigenvalue weighted by molar-refractivity contribution is 5.39. The van der Waals surface area contributed by atoms with E-state index < -0.39 is 0 Å². The van der Waals surface area contributed by atoms with E-state index in [1.165, 1.54) is 6.42 Å². The summed E-state index contributed by atoms with van der Waals surface area (Å²) >= 11 is 0. The molecule has 1 aromatic rings. The third-order valence-electron chi connectivity index (χ3n) is 2.19. The molecule has 0 atom stereocenters. The smallest absolute Gasteiger partial charge is 0.244 e. The summed E-state index contributed by atoms with van der Waals surface area (Å²) in [5.74, 6) is 1.38. The lowest BCUT2D eigenvalue weighted by molar-refractivity contribution is 0.754. The predicted octanol–water partition coefficient (Wildman–Crippen LogP) is 1.71. The van der Waals surface area contributed by atoms with E-state index in [4.69, 9.17) is 0 Å². The van der Waals surface area contributed by atoms with Crippen molar-refractivity contribution in [3.8, 4) is 0 Å². The van der Waals surface area contributed by atoms with Crippen LogP contribution in [0.4, 0.5) is 11.8 Å². The Hall–Kier alpha value is -1.65. The molecule has 0 saturated carbocycles. The Balaban J connectivity index is 2.61. The van der Waals surface area contributed by atoms with Crippen molar-refractivity contribution in [2.75, 3.05) is 30.4 Å². The molecule has 1 rings (SSSR count). The van der Waals surface area contributed by atoms with Crippen LogP contribution in [0.15, 0.2) is 18.9 Å². The van der Waals surface area contributed by atoms with Crippen molar-refractivity contribution in [1.29, 1.82) is 0 Å². The van der Waals surface area contributed by atoms with Gasteiger partial charge in [0.15, 0.2) is 5.82 Å². The molecule has 0 bridgehead atoms.